The Morgan fingerprint density at radius 1 is 1.35 bits per heavy atom. The molecule has 0 bridgehead atoms. The van der Waals surface area contributed by atoms with Gasteiger partial charge in [-0.15, -0.1) is 0 Å². The van der Waals surface area contributed by atoms with Crippen LogP contribution in [0.4, 0.5) is 0 Å². The van der Waals surface area contributed by atoms with E-state index < -0.39 is 0 Å². The standard InChI is InChI=1S/C15H23NO/c1-13(14-6-3-2-4-7-14)9-11-16-10-5-8-15(16)12-17/h2-4,6-7,13,15,17H,5,8-12H2,1H3/t13-,15+/m0/s1. The molecule has 2 atom stereocenters. The number of hydrogen-bond acceptors (Lipinski definition) is 2. The van der Waals surface area contributed by atoms with Crippen molar-refractivity contribution in [1.82, 2.24) is 4.90 Å². The molecule has 2 heteroatoms. The van der Waals surface area contributed by atoms with E-state index >= 15 is 0 Å². The van der Waals surface area contributed by atoms with Crippen LogP contribution in [-0.4, -0.2) is 35.7 Å². The van der Waals surface area contributed by atoms with Gasteiger partial charge in [0.05, 0.1) is 6.61 Å². The molecule has 17 heavy (non-hydrogen) atoms. The Labute approximate surface area is 104 Å². The maximum absolute atomic E-state index is 9.28. The fourth-order valence-corrected chi connectivity index (χ4v) is 2.70. The van der Waals surface area contributed by atoms with Crippen molar-refractivity contribution >= 4 is 0 Å². The molecule has 0 saturated carbocycles. The molecule has 1 N–H and O–H groups in total. The molecular weight excluding hydrogens is 210 g/mol. The van der Waals surface area contributed by atoms with Gasteiger partial charge in [0.1, 0.15) is 0 Å². The molecule has 1 aromatic carbocycles. The minimum absolute atomic E-state index is 0.319. The molecule has 0 aromatic heterocycles. The van der Waals surface area contributed by atoms with Crippen molar-refractivity contribution < 1.29 is 5.11 Å². The molecule has 1 heterocycles. The molecular formula is C15H23NO. The lowest BCUT2D eigenvalue weighted by Gasteiger charge is -2.24. The lowest BCUT2D eigenvalue weighted by atomic mass is 9.97. The summed E-state index contributed by atoms with van der Waals surface area (Å²) in [5.74, 6) is 0.608. The molecule has 94 valence electrons. The lowest BCUT2D eigenvalue weighted by Crippen LogP contribution is -2.33. The van der Waals surface area contributed by atoms with Crippen LogP contribution in [-0.2, 0) is 0 Å². The first kappa shape index (κ1) is 12.6. The first-order valence-electron chi connectivity index (χ1n) is 6.71. The van der Waals surface area contributed by atoms with Crippen molar-refractivity contribution in [3.63, 3.8) is 0 Å². The highest BCUT2D eigenvalue weighted by molar-refractivity contribution is 5.18. The van der Waals surface area contributed by atoms with Crippen LogP contribution in [0.25, 0.3) is 0 Å². The van der Waals surface area contributed by atoms with Crippen molar-refractivity contribution in [3.05, 3.63) is 35.9 Å². The molecule has 1 saturated heterocycles. The highest BCUT2D eigenvalue weighted by Crippen LogP contribution is 2.22. The predicted octanol–water partition coefficient (Wildman–Crippen LogP) is 2.64. The number of rotatable bonds is 5. The average molecular weight is 233 g/mol. The summed E-state index contributed by atoms with van der Waals surface area (Å²) >= 11 is 0. The van der Waals surface area contributed by atoms with Gasteiger partial charge in [0, 0.05) is 6.04 Å². The smallest absolute Gasteiger partial charge is 0.0586 e. The molecule has 0 spiro atoms. The second kappa shape index (κ2) is 6.18. The molecule has 1 aliphatic heterocycles. The third-order valence-corrected chi connectivity index (χ3v) is 3.93. The number of aliphatic hydroxyl groups excluding tert-OH is 1. The molecule has 0 aliphatic carbocycles. The van der Waals surface area contributed by atoms with E-state index in [9.17, 15) is 5.11 Å². The summed E-state index contributed by atoms with van der Waals surface area (Å²) in [6.45, 7) is 4.88. The highest BCUT2D eigenvalue weighted by Gasteiger charge is 2.23. The van der Waals surface area contributed by atoms with Gasteiger partial charge >= 0.3 is 0 Å². The summed E-state index contributed by atoms with van der Waals surface area (Å²) < 4.78 is 0. The molecule has 1 aromatic rings. The topological polar surface area (TPSA) is 23.5 Å². The van der Waals surface area contributed by atoms with E-state index in [-0.39, 0.29) is 0 Å². The SMILES string of the molecule is C[C@@H](CCN1CCC[C@@H]1CO)c1ccccc1. The van der Waals surface area contributed by atoms with Crippen molar-refractivity contribution in [2.45, 2.75) is 38.1 Å². The summed E-state index contributed by atoms with van der Waals surface area (Å²) in [7, 11) is 0. The van der Waals surface area contributed by atoms with E-state index in [1.54, 1.807) is 0 Å². The minimum Gasteiger partial charge on any atom is -0.395 e. The molecule has 0 unspecified atom stereocenters. The molecule has 1 aliphatic rings. The Bertz CT molecular complexity index is 325. The van der Waals surface area contributed by atoms with Crippen molar-refractivity contribution in [3.8, 4) is 0 Å². The summed E-state index contributed by atoms with van der Waals surface area (Å²) in [6.07, 6.45) is 3.58. The fourth-order valence-electron chi connectivity index (χ4n) is 2.70. The van der Waals surface area contributed by atoms with Gasteiger partial charge < -0.3 is 5.11 Å². The van der Waals surface area contributed by atoms with Gasteiger partial charge in [0.2, 0.25) is 0 Å². The number of nitrogens with zero attached hydrogens (tertiary/aromatic N) is 1. The Hall–Kier alpha value is -0.860. The zero-order valence-electron chi connectivity index (χ0n) is 10.7. The van der Waals surface area contributed by atoms with E-state index in [1.165, 1.54) is 18.4 Å². The Morgan fingerprint density at radius 3 is 2.82 bits per heavy atom. The Balaban J connectivity index is 1.82. The van der Waals surface area contributed by atoms with Gasteiger partial charge in [0.25, 0.3) is 0 Å². The normalized spacial score (nSPS) is 22.8. The monoisotopic (exact) mass is 233 g/mol. The van der Waals surface area contributed by atoms with Crippen molar-refractivity contribution in [1.29, 1.82) is 0 Å². The second-order valence-electron chi connectivity index (χ2n) is 5.12. The minimum atomic E-state index is 0.319. The van der Waals surface area contributed by atoms with Crippen LogP contribution in [0.3, 0.4) is 0 Å². The van der Waals surface area contributed by atoms with E-state index in [2.05, 4.69) is 42.2 Å². The van der Waals surface area contributed by atoms with Gasteiger partial charge in [-0.3, -0.25) is 4.90 Å². The van der Waals surface area contributed by atoms with Crippen molar-refractivity contribution in [2.75, 3.05) is 19.7 Å². The Kier molecular flexibility index (Phi) is 4.57. The van der Waals surface area contributed by atoms with Gasteiger partial charge in [-0.1, -0.05) is 37.3 Å². The van der Waals surface area contributed by atoms with Crippen LogP contribution in [0.1, 0.15) is 37.7 Å². The fraction of sp³-hybridized carbons (Fsp3) is 0.600. The molecule has 2 nitrogen and oxygen atoms in total. The third kappa shape index (κ3) is 3.30. The molecule has 0 amide bonds. The van der Waals surface area contributed by atoms with Crippen LogP contribution in [0.5, 0.6) is 0 Å². The molecule has 1 fully saturated rings. The molecule has 2 rings (SSSR count). The van der Waals surface area contributed by atoms with Gasteiger partial charge in [0.15, 0.2) is 0 Å². The first-order chi connectivity index (χ1) is 8.31. The number of likely N-dealkylation sites (tertiary alicyclic amines) is 1. The number of hydrogen-bond donors (Lipinski definition) is 1. The maximum Gasteiger partial charge on any atom is 0.0586 e. The van der Waals surface area contributed by atoms with Crippen LogP contribution >= 0.6 is 0 Å². The summed E-state index contributed by atoms with van der Waals surface area (Å²) in [4.78, 5) is 2.44. The van der Waals surface area contributed by atoms with Gasteiger partial charge in [-0.05, 0) is 43.8 Å². The summed E-state index contributed by atoms with van der Waals surface area (Å²) in [5.41, 5.74) is 1.42. The van der Waals surface area contributed by atoms with Crippen LogP contribution < -0.4 is 0 Å². The largest absolute Gasteiger partial charge is 0.395 e. The van der Waals surface area contributed by atoms with Crippen LogP contribution in [0, 0.1) is 0 Å². The average Bonchev–Trinajstić information content (AvgIpc) is 2.84. The van der Waals surface area contributed by atoms with E-state index in [4.69, 9.17) is 0 Å². The second-order valence-corrected chi connectivity index (χ2v) is 5.12. The first-order valence-corrected chi connectivity index (χ1v) is 6.71. The zero-order chi connectivity index (χ0) is 12.1. The third-order valence-electron chi connectivity index (χ3n) is 3.93. The quantitative estimate of drug-likeness (QED) is 0.845. The number of benzene rings is 1. The van der Waals surface area contributed by atoms with Gasteiger partial charge in [-0.25, -0.2) is 0 Å². The van der Waals surface area contributed by atoms with E-state index in [1.807, 2.05) is 0 Å². The highest BCUT2D eigenvalue weighted by atomic mass is 16.3. The zero-order valence-corrected chi connectivity index (χ0v) is 10.7. The van der Waals surface area contributed by atoms with Crippen LogP contribution in [0.15, 0.2) is 30.3 Å². The Morgan fingerprint density at radius 2 is 2.12 bits per heavy atom. The number of aliphatic hydroxyl groups is 1. The molecule has 0 radical (unpaired) electrons. The lowest BCUT2D eigenvalue weighted by molar-refractivity contribution is 0.156. The maximum atomic E-state index is 9.28. The van der Waals surface area contributed by atoms with Crippen molar-refractivity contribution in [2.24, 2.45) is 0 Å². The predicted molar refractivity (Wildman–Crippen MR) is 71.2 cm³/mol. The summed E-state index contributed by atoms with van der Waals surface area (Å²) in [5, 5.41) is 9.28. The van der Waals surface area contributed by atoms with Gasteiger partial charge in [-0.2, -0.15) is 0 Å². The summed E-state index contributed by atoms with van der Waals surface area (Å²) in [6, 6.07) is 11.1. The van der Waals surface area contributed by atoms with Crippen LogP contribution in [0.2, 0.25) is 0 Å². The van der Waals surface area contributed by atoms with E-state index in [0.29, 0.717) is 18.6 Å². The van der Waals surface area contributed by atoms with E-state index in [0.717, 1.165) is 19.5 Å².